The number of aromatic nitrogens is 3. The Balaban J connectivity index is 2.03. The van der Waals surface area contributed by atoms with Gasteiger partial charge in [-0.15, -0.1) is 10.2 Å². The summed E-state index contributed by atoms with van der Waals surface area (Å²) >= 11 is 0. The minimum absolute atomic E-state index is 0.448. The van der Waals surface area contributed by atoms with Crippen LogP contribution >= 0.6 is 0 Å². The summed E-state index contributed by atoms with van der Waals surface area (Å²) in [6.45, 7) is 4.15. The Morgan fingerprint density at radius 1 is 1.22 bits per heavy atom. The molecule has 1 aromatic heterocycles. The number of hydrogen-bond acceptors (Lipinski definition) is 3. The average Bonchev–Trinajstić information content (AvgIpc) is 2.70. The fourth-order valence-corrected chi connectivity index (χ4v) is 2.91. The van der Waals surface area contributed by atoms with Crippen molar-refractivity contribution in [3.05, 3.63) is 47.0 Å². The first-order valence-corrected chi connectivity index (χ1v) is 7.29. The summed E-state index contributed by atoms with van der Waals surface area (Å²) in [6.07, 6.45) is 1.63. The lowest BCUT2D eigenvalue weighted by Crippen LogP contribution is -2.05. The molecule has 1 unspecified atom stereocenters. The zero-order valence-electron chi connectivity index (χ0n) is 10.9. The van der Waals surface area contributed by atoms with E-state index >= 15 is 0 Å². The van der Waals surface area contributed by atoms with Crippen molar-refractivity contribution in [1.29, 1.82) is 0 Å². The van der Waals surface area contributed by atoms with E-state index in [1.807, 2.05) is 13.1 Å². The summed E-state index contributed by atoms with van der Waals surface area (Å²) in [5, 5.41) is 7.73. The Labute approximate surface area is 110 Å². The van der Waals surface area contributed by atoms with Crippen LogP contribution < -0.4 is 0 Å². The second-order valence-corrected chi connectivity index (χ2v) is 5.96. The van der Waals surface area contributed by atoms with Gasteiger partial charge in [-0.05, 0) is 30.5 Å². The largest absolute Gasteiger partial charge is 0.320 e. The van der Waals surface area contributed by atoms with Crippen molar-refractivity contribution < 1.29 is 4.21 Å². The zero-order chi connectivity index (χ0) is 13.1. The van der Waals surface area contributed by atoms with Crippen molar-refractivity contribution in [1.82, 2.24) is 14.8 Å². The number of benzene rings is 1. The first-order valence-electron chi connectivity index (χ1n) is 5.80. The van der Waals surface area contributed by atoms with Crippen molar-refractivity contribution in [3.8, 4) is 0 Å². The standard InChI is InChI=1S/C13H17N3OS/c1-10-4-5-12(6-11(10)2)7-18(17)8-13-15-14-9-16(13)3/h4-6,9H,7-8H2,1-3H3. The SMILES string of the molecule is Cc1ccc(CS(=O)Cc2nncn2C)cc1C. The molecule has 0 aliphatic rings. The van der Waals surface area contributed by atoms with Gasteiger partial charge in [-0.2, -0.15) is 0 Å². The number of hydrogen-bond donors (Lipinski definition) is 0. The van der Waals surface area contributed by atoms with Gasteiger partial charge in [-0.25, -0.2) is 0 Å². The molecule has 0 spiro atoms. The molecule has 2 rings (SSSR count). The second-order valence-electron chi connectivity index (χ2n) is 4.51. The van der Waals surface area contributed by atoms with E-state index in [2.05, 4.69) is 36.2 Å². The van der Waals surface area contributed by atoms with Gasteiger partial charge >= 0.3 is 0 Å². The molecule has 0 saturated heterocycles. The minimum Gasteiger partial charge on any atom is -0.320 e. The van der Waals surface area contributed by atoms with E-state index in [9.17, 15) is 4.21 Å². The van der Waals surface area contributed by atoms with Gasteiger partial charge in [0.25, 0.3) is 0 Å². The van der Waals surface area contributed by atoms with E-state index in [4.69, 9.17) is 0 Å². The minimum atomic E-state index is -0.949. The third-order valence-corrected chi connectivity index (χ3v) is 4.23. The van der Waals surface area contributed by atoms with Gasteiger partial charge in [-0.1, -0.05) is 18.2 Å². The van der Waals surface area contributed by atoms with Crippen molar-refractivity contribution >= 4 is 10.8 Å². The predicted octanol–water partition coefficient (Wildman–Crippen LogP) is 1.88. The molecule has 0 aliphatic carbocycles. The topological polar surface area (TPSA) is 47.8 Å². The van der Waals surface area contributed by atoms with Gasteiger partial charge < -0.3 is 4.57 Å². The van der Waals surface area contributed by atoms with Gasteiger partial charge in [0, 0.05) is 23.6 Å². The van der Waals surface area contributed by atoms with Crippen LogP contribution in [0.15, 0.2) is 24.5 Å². The monoisotopic (exact) mass is 263 g/mol. The molecule has 1 aromatic carbocycles. The highest BCUT2D eigenvalue weighted by molar-refractivity contribution is 7.83. The maximum Gasteiger partial charge on any atom is 0.145 e. The zero-order valence-corrected chi connectivity index (χ0v) is 11.7. The first-order chi connectivity index (χ1) is 8.56. The fourth-order valence-electron chi connectivity index (χ4n) is 1.71. The third kappa shape index (κ3) is 3.04. The number of nitrogens with zero attached hydrogens (tertiary/aromatic N) is 3. The van der Waals surface area contributed by atoms with Gasteiger partial charge in [0.2, 0.25) is 0 Å². The highest BCUT2D eigenvalue weighted by Crippen LogP contribution is 2.12. The Hall–Kier alpha value is -1.49. The molecule has 4 nitrogen and oxygen atoms in total. The van der Waals surface area contributed by atoms with Crippen LogP contribution in [0.2, 0.25) is 0 Å². The molecule has 0 bridgehead atoms. The summed E-state index contributed by atoms with van der Waals surface area (Å²) in [5.41, 5.74) is 3.61. The first kappa shape index (κ1) is 13.0. The molecule has 18 heavy (non-hydrogen) atoms. The van der Waals surface area contributed by atoms with E-state index in [1.54, 1.807) is 10.9 Å². The quantitative estimate of drug-likeness (QED) is 0.846. The van der Waals surface area contributed by atoms with E-state index in [0.717, 1.165) is 11.4 Å². The van der Waals surface area contributed by atoms with E-state index in [0.29, 0.717) is 11.5 Å². The van der Waals surface area contributed by atoms with E-state index in [1.165, 1.54) is 11.1 Å². The summed E-state index contributed by atoms with van der Waals surface area (Å²) in [5.74, 6) is 1.77. The van der Waals surface area contributed by atoms with Crippen LogP contribution in [0.5, 0.6) is 0 Å². The molecule has 1 atom stereocenters. The Morgan fingerprint density at radius 2 is 2.00 bits per heavy atom. The average molecular weight is 263 g/mol. The summed E-state index contributed by atoms with van der Waals surface area (Å²) in [6, 6.07) is 6.21. The van der Waals surface area contributed by atoms with Crippen LogP contribution in [0.4, 0.5) is 0 Å². The lowest BCUT2D eigenvalue weighted by molar-refractivity contribution is 0.679. The number of rotatable bonds is 4. The van der Waals surface area contributed by atoms with Gasteiger partial charge in [0.15, 0.2) is 0 Å². The molecular formula is C13H17N3OS. The van der Waals surface area contributed by atoms with Crippen LogP contribution in [0.3, 0.4) is 0 Å². The Morgan fingerprint density at radius 3 is 2.61 bits per heavy atom. The Bertz CT molecular complexity index is 577. The van der Waals surface area contributed by atoms with Crippen LogP contribution in [0.1, 0.15) is 22.5 Å². The predicted molar refractivity (Wildman–Crippen MR) is 72.5 cm³/mol. The third-order valence-electron chi connectivity index (χ3n) is 2.99. The molecule has 0 fully saturated rings. The molecule has 0 amide bonds. The van der Waals surface area contributed by atoms with Crippen LogP contribution in [0, 0.1) is 13.8 Å². The van der Waals surface area contributed by atoms with Crippen LogP contribution in [-0.2, 0) is 29.4 Å². The van der Waals surface area contributed by atoms with Crippen molar-refractivity contribution in [2.45, 2.75) is 25.4 Å². The lowest BCUT2D eigenvalue weighted by atomic mass is 10.1. The maximum absolute atomic E-state index is 12.1. The molecule has 0 aliphatic heterocycles. The number of aryl methyl sites for hydroxylation is 3. The highest BCUT2D eigenvalue weighted by Gasteiger charge is 2.08. The van der Waals surface area contributed by atoms with Crippen molar-refractivity contribution in [2.24, 2.45) is 7.05 Å². The van der Waals surface area contributed by atoms with Gasteiger partial charge in [0.05, 0.1) is 5.75 Å². The van der Waals surface area contributed by atoms with E-state index in [-0.39, 0.29) is 0 Å². The fraction of sp³-hybridized carbons (Fsp3) is 0.385. The molecule has 2 aromatic rings. The van der Waals surface area contributed by atoms with Crippen molar-refractivity contribution in [3.63, 3.8) is 0 Å². The van der Waals surface area contributed by atoms with E-state index < -0.39 is 10.8 Å². The maximum atomic E-state index is 12.1. The molecule has 0 saturated carbocycles. The highest BCUT2D eigenvalue weighted by atomic mass is 32.2. The van der Waals surface area contributed by atoms with Crippen LogP contribution in [0.25, 0.3) is 0 Å². The molecule has 0 N–H and O–H groups in total. The molecular weight excluding hydrogens is 246 g/mol. The summed E-state index contributed by atoms with van der Waals surface area (Å²) in [7, 11) is 0.915. The van der Waals surface area contributed by atoms with Crippen LogP contribution in [-0.4, -0.2) is 19.0 Å². The van der Waals surface area contributed by atoms with Gasteiger partial charge in [-0.3, -0.25) is 4.21 Å². The van der Waals surface area contributed by atoms with Crippen molar-refractivity contribution in [2.75, 3.05) is 0 Å². The molecule has 0 radical (unpaired) electrons. The molecule has 1 heterocycles. The molecule has 5 heteroatoms. The Kier molecular flexibility index (Phi) is 3.91. The molecule has 96 valence electrons. The second kappa shape index (κ2) is 5.44. The van der Waals surface area contributed by atoms with Gasteiger partial charge in [0.1, 0.15) is 12.2 Å². The summed E-state index contributed by atoms with van der Waals surface area (Å²) < 4.78 is 13.9. The summed E-state index contributed by atoms with van der Waals surface area (Å²) in [4.78, 5) is 0. The lowest BCUT2D eigenvalue weighted by Gasteiger charge is -2.05. The smallest absolute Gasteiger partial charge is 0.145 e. The normalized spacial score (nSPS) is 12.6.